The number of hydrogen-bond acceptors (Lipinski definition) is 5. The molecular formula is C16H23N3O2S. The van der Waals surface area contributed by atoms with Crippen LogP contribution in [0.2, 0.25) is 0 Å². The number of likely N-dealkylation sites (tertiary alicyclic amines) is 1. The zero-order valence-corrected chi connectivity index (χ0v) is 14.2. The van der Waals surface area contributed by atoms with Crippen molar-refractivity contribution in [2.24, 2.45) is 5.92 Å². The summed E-state index contributed by atoms with van der Waals surface area (Å²) in [6, 6.07) is 1.80. The SMILES string of the molecule is C=CC[C@@H]1CN(C(=O)OC(C)(C)C)C[C@H]1Sc1ncccn1. The quantitative estimate of drug-likeness (QED) is 0.628. The fourth-order valence-electron chi connectivity index (χ4n) is 2.37. The van der Waals surface area contributed by atoms with Gasteiger partial charge in [-0.3, -0.25) is 0 Å². The van der Waals surface area contributed by atoms with Crippen molar-refractivity contribution in [1.29, 1.82) is 0 Å². The van der Waals surface area contributed by atoms with E-state index >= 15 is 0 Å². The van der Waals surface area contributed by atoms with Crippen molar-refractivity contribution in [3.63, 3.8) is 0 Å². The topological polar surface area (TPSA) is 55.3 Å². The van der Waals surface area contributed by atoms with Crippen LogP contribution in [0.3, 0.4) is 0 Å². The molecule has 0 spiro atoms. The second-order valence-electron chi connectivity index (χ2n) is 6.36. The van der Waals surface area contributed by atoms with Crippen molar-refractivity contribution in [2.75, 3.05) is 13.1 Å². The Morgan fingerprint density at radius 1 is 1.45 bits per heavy atom. The van der Waals surface area contributed by atoms with Crippen LogP contribution in [0.15, 0.2) is 36.3 Å². The van der Waals surface area contributed by atoms with Crippen LogP contribution in [0.1, 0.15) is 27.2 Å². The fraction of sp³-hybridized carbons (Fsp3) is 0.562. The van der Waals surface area contributed by atoms with E-state index < -0.39 is 5.60 Å². The molecule has 120 valence electrons. The van der Waals surface area contributed by atoms with E-state index in [-0.39, 0.29) is 11.3 Å². The van der Waals surface area contributed by atoms with Gasteiger partial charge in [-0.1, -0.05) is 17.8 Å². The van der Waals surface area contributed by atoms with Gasteiger partial charge in [-0.25, -0.2) is 14.8 Å². The van der Waals surface area contributed by atoms with Crippen LogP contribution in [0.25, 0.3) is 0 Å². The molecule has 0 unspecified atom stereocenters. The number of nitrogens with zero attached hydrogens (tertiary/aromatic N) is 3. The minimum Gasteiger partial charge on any atom is -0.444 e. The molecule has 2 atom stereocenters. The zero-order valence-electron chi connectivity index (χ0n) is 13.4. The van der Waals surface area contributed by atoms with E-state index in [2.05, 4.69) is 16.5 Å². The molecule has 0 N–H and O–H groups in total. The first-order chi connectivity index (χ1) is 10.4. The van der Waals surface area contributed by atoms with E-state index in [0.29, 0.717) is 19.0 Å². The summed E-state index contributed by atoms with van der Waals surface area (Å²) in [5.41, 5.74) is -0.473. The van der Waals surface area contributed by atoms with Gasteiger partial charge in [0.25, 0.3) is 0 Å². The zero-order chi connectivity index (χ0) is 16.2. The summed E-state index contributed by atoms with van der Waals surface area (Å²) in [7, 11) is 0. The molecule has 1 aromatic heterocycles. The molecule has 5 nitrogen and oxygen atoms in total. The van der Waals surface area contributed by atoms with Gasteiger partial charge in [0.05, 0.1) is 0 Å². The summed E-state index contributed by atoms with van der Waals surface area (Å²) in [6.07, 6.45) is 5.99. The van der Waals surface area contributed by atoms with Gasteiger partial charge in [-0.2, -0.15) is 0 Å². The van der Waals surface area contributed by atoms with Gasteiger partial charge in [-0.05, 0) is 39.2 Å². The number of amides is 1. The average Bonchev–Trinajstić information content (AvgIpc) is 2.82. The van der Waals surface area contributed by atoms with Gasteiger partial charge in [-0.15, -0.1) is 6.58 Å². The molecule has 1 aliphatic heterocycles. The maximum atomic E-state index is 12.2. The van der Waals surface area contributed by atoms with Gasteiger partial charge in [0, 0.05) is 30.7 Å². The average molecular weight is 321 g/mol. The van der Waals surface area contributed by atoms with Gasteiger partial charge in [0.1, 0.15) is 5.60 Å². The highest BCUT2D eigenvalue weighted by molar-refractivity contribution is 7.99. The Balaban J connectivity index is 2.03. The lowest BCUT2D eigenvalue weighted by molar-refractivity contribution is 0.0289. The van der Waals surface area contributed by atoms with Crippen LogP contribution < -0.4 is 0 Å². The molecule has 0 radical (unpaired) electrons. The van der Waals surface area contributed by atoms with E-state index in [1.807, 2.05) is 26.8 Å². The normalized spacial score (nSPS) is 21.7. The molecule has 2 heterocycles. The van der Waals surface area contributed by atoms with E-state index in [1.54, 1.807) is 35.1 Å². The van der Waals surface area contributed by atoms with Crippen molar-refractivity contribution in [3.05, 3.63) is 31.1 Å². The summed E-state index contributed by atoms with van der Waals surface area (Å²) < 4.78 is 5.47. The summed E-state index contributed by atoms with van der Waals surface area (Å²) in [4.78, 5) is 22.5. The maximum Gasteiger partial charge on any atom is 0.410 e. The number of carbonyl (C=O) groups excluding carboxylic acids is 1. The molecular weight excluding hydrogens is 298 g/mol. The second-order valence-corrected chi connectivity index (χ2v) is 7.56. The summed E-state index contributed by atoms with van der Waals surface area (Å²) in [5, 5.41) is 1.00. The Morgan fingerprint density at radius 2 is 2.14 bits per heavy atom. The molecule has 0 saturated carbocycles. The highest BCUT2D eigenvalue weighted by Crippen LogP contribution is 2.34. The van der Waals surface area contributed by atoms with Crippen LogP contribution in [-0.2, 0) is 4.74 Å². The van der Waals surface area contributed by atoms with Crippen molar-refractivity contribution in [3.8, 4) is 0 Å². The predicted octanol–water partition coefficient (Wildman–Crippen LogP) is 3.38. The Hall–Kier alpha value is -1.56. The number of rotatable bonds is 4. The van der Waals surface area contributed by atoms with Gasteiger partial charge >= 0.3 is 6.09 Å². The van der Waals surface area contributed by atoms with Crippen molar-refractivity contribution >= 4 is 17.9 Å². The highest BCUT2D eigenvalue weighted by Gasteiger charge is 2.37. The second kappa shape index (κ2) is 7.13. The lowest BCUT2D eigenvalue weighted by Gasteiger charge is -2.24. The lowest BCUT2D eigenvalue weighted by atomic mass is 10.1. The van der Waals surface area contributed by atoms with E-state index in [0.717, 1.165) is 11.6 Å². The van der Waals surface area contributed by atoms with E-state index in [4.69, 9.17) is 4.74 Å². The molecule has 1 saturated heterocycles. The highest BCUT2D eigenvalue weighted by atomic mass is 32.2. The van der Waals surface area contributed by atoms with Gasteiger partial charge < -0.3 is 9.64 Å². The molecule has 1 aliphatic rings. The fourth-order valence-corrected chi connectivity index (χ4v) is 3.53. The minimum atomic E-state index is -0.473. The lowest BCUT2D eigenvalue weighted by Crippen LogP contribution is -2.35. The van der Waals surface area contributed by atoms with Crippen LogP contribution in [-0.4, -0.2) is 44.9 Å². The molecule has 0 aromatic carbocycles. The smallest absolute Gasteiger partial charge is 0.410 e. The standard InChI is InChI=1S/C16H23N3O2S/c1-5-7-12-10-19(15(20)21-16(2,3)4)11-13(12)22-14-17-8-6-9-18-14/h5-6,8-9,12-13H,1,7,10-11H2,2-4H3/t12-,13-/m1/s1. The van der Waals surface area contributed by atoms with E-state index in [9.17, 15) is 4.79 Å². The number of allylic oxidation sites excluding steroid dienone is 1. The van der Waals surface area contributed by atoms with Crippen molar-refractivity contribution < 1.29 is 9.53 Å². The monoisotopic (exact) mass is 321 g/mol. The molecule has 1 aromatic rings. The first-order valence-corrected chi connectivity index (χ1v) is 8.29. The summed E-state index contributed by atoms with van der Waals surface area (Å²) >= 11 is 1.62. The van der Waals surface area contributed by atoms with Gasteiger partial charge in [0.15, 0.2) is 5.16 Å². The summed E-state index contributed by atoms with van der Waals surface area (Å²) in [5.74, 6) is 0.346. The van der Waals surface area contributed by atoms with E-state index in [1.165, 1.54) is 0 Å². The molecule has 1 fully saturated rings. The van der Waals surface area contributed by atoms with Gasteiger partial charge in [0.2, 0.25) is 0 Å². The Labute approximate surface area is 136 Å². The Morgan fingerprint density at radius 3 is 2.73 bits per heavy atom. The van der Waals surface area contributed by atoms with Crippen molar-refractivity contribution in [1.82, 2.24) is 14.9 Å². The van der Waals surface area contributed by atoms with Crippen LogP contribution in [0.4, 0.5) is 4.79 Å². The third kappa shape index (κ3) is 4.73. The molecule has 22 heavy (non-hydrogen) atoms. The third-order valence-corrected chi connectivity index (χ3v) is 4.56. The predicted molar refractivity (Wildman–Crippen MR) is 87.8 cm³/mol. The molecule has 1 amide bonds. The summed E-state index contributed by atoms with van der Waals surface area (Å²) in [6.45, 7) is 10.8. The number of hydrogen-bond donors (Lipinski definition) is 0. The third-order valence-electron chi connectivity index (χ3n) is 3.30. The Kier molecular flexibility index (Phi) is 5.45. The molecule has 6 heteroatoms. The molecule has 2 rings (SSSR count). The van der Waals surface area contributed by atoms with Crippen LogP contribution in [0.5, 0.6) is 0 Å². The largest absolute Gasteiger partial charge is 0.444 e. The number of ether oxygens (including phenoxy) is 1. The number of aromatic nitrogens is 2. The van der Waals surface area contributed by atoms with Crippen molar-refractivity contribution in [2.45, 2.75) is 43.2 Å². The maximum absolute atomic E-state index is 12.2. The van der Waals surface area contributed by atoms with Crippen LogP contribution >= 0.6 is 11.8 Å². The number of carbonyl (C=O) groups is 1. The first kappa shape index (κ1) is 16.8. The molecule has 0 bridgehead atoms. The number of thioether (sulfide) groups is 1. The first-order valence-electron chi connectivity index (χ1n) is 7.41. The Bertz CT molecular complexity index is 516. The minimum absolute atomic E-state index is 0.251. The van der Waals surface area contributed by atoms with Crippen LogP contribution in [0, 0.1) is 5.92 Å². The molecule has 0 aliphatic carbocycles.